The van der Waals surface area contributed by atoms with Crippen LogP contribution in [-0.4, -0.2) is 17.0 Å². The van der Waals surface area contributed by atoms with Crippen LogP contribution in [0, 0.1) is 25.2 Å². The molecule has 0 aliphatic rings. The molecule has 0 spiro atoms. The lowest BCUT2D eigenvalue weighted by atomic mass is 9.76. The monoisotopic (exact) mass is 355 g/mol. The molecule has 5 heteroatoms. The molecular weight excluding hydrogens is 334 g/mol. The molecule has 0 heterocycles. The maximum atomic E-state index is 12.2. The van der Waals surface area contributed by atoms with E-state index >= 15 is 0 Å². The zero-order valence-corrected chi connectivity index (χ0v) is 14.7. The number of nitrogens with one attached hydrogen (secondary N) is 1. The van der Waals surface area contributed by atoms with Crippen molar-refractivity contribution in [2.24, 2.45) is 11.3 Å². The zero-order valence-electron chi connectivity index (χ0n) is 13.1. The van der Waals surface area contributed by atoms with E-state index in [9.17, 15) is 14.7 Å². The predicted octanol–water partition coefficient (Wildman–Crippen LogP) is 4.14. The Kier molecular flexibility index (Phi) is 5.56. The molecule has 0 fully saturated rings. The number of carboxylic acids is 1. The Labute approximate surface area is 134 Å². The van der Waals surface area contributed by atoms with Crippen LogP contribution in [0.25, 0.3) is 0 Å². The molecule has 1 aromatic carbocycles. The summed E-state index contributed by atoms with van der Waals surface area (Å²) >= 11 is 3.41. The fraction of sp³-hybridized carbons (Fsp3) is 0.500. The molecule has 1 aromatic rings. The lowest BCUT2D eigenvalue weighted by molar-refractivity contribution is -0.153. The highest BCUT2D eigenvalue weighted by atomic mass is 79.9. The Morgan fingerprint density at radius 2 is 1.76 bits per heavy atom. The van der Waals surface area contributed by atoms with Gasteiger partial charge in [0.25, 0.3) is 0 Å². The summed E-state index contributed by atoms with van der Waals surface area (Å²) in [6.07, 6.45) is -0.0467. The lowest BCUT2D eigenvalue weighted by Crippen LogP contribution is -2.37. The van der Waals surface area contributed by atoms with E-state index in [0.29, 0.717) is 0 Å². The minimum absolute atomic E-state index is 0.0467. The highest BCUT2D eigenvalue weighted by Crippen LogP contribution is 2.32. The van der Waals surface area contributed by atoms with Crippen molar-refractivity contribution in [1.82, 2.24) is 0 Å². The van der Waals surface area contributed by atoms with Gasteiger partial charge < -0.3 is 10.4 Å². The zero-order chi connectivity index (χ0) is 16.4. The number of amides is 1. The molecule has 0 saturated heterocycles. The molecule has 1 unspecified atom stereocenters. The van der Waals surface area contributed by atoms with Crippen LogP contribution in [0.15, 0.2) is 16.6 Å². The lowest BCUT2D eigenvalue weighted by Gasteiger charge is -2.28. The van der Waals surface area contributed by atoms with E-state index in [1.165, 1.54) is 0 Å². The van der Waals surface area contributed by atoms with E-state index in [-0.39, 0.29) is 18.2 Å². The van der Waals surface area contributed by atoms with Crippen LogP contribution < -0.4 is 5.32 Å². The third kappa shape index (κ3) is 4.06. The van der Waals surface area contributed by atoms with Crippen molar-refractivity contribution < 1.29 is 14.7 Å². The number of rotatable bonds is 5. The largest absolute Gasteiger partial charge is 0.481 e. The fourth-order valence-electron chi connectivity index (χ4n) is 2.15. The summed E-state index contributed by atoms with van der Waals surface area (Å²) in [5.41, 5.74) is 1.56. The van der Waals surface area contributed by atoms with Crippen LogP contribution in [0.3, 0.4) is 0 Å². The van der Waals surface area contributed by atoms with E-state index in [1.54, 1.807) is 6.92 Å². The summed E-state index contributed by atoms with van der Waals surface area (Å²) in [6.45, 7) is 9.06. The first-order chi connectivity index (χ1) is 9.57. The Morgan fingerprint density at radius 1 is 1.29 bits per heavy atom. The summed E-state index contributed by atoms with van der Waals surface area (Å²) in [5, 5.41) is 12.2. The maximum Gasteiger partial charge on any atom is 0.310 e. The number of aliphatic carboxylic acids is 1. The topological polar surface area (TPSA) is 66.4 Å². The number of hydrogen-bond donors (Lipinski definition) is 2. The molecule has 2 N–H and O–H groups in total. The van der Waals surface area contributed by atoms with Crippen molar-refractivity contribution in [3.05, 3.63) is 27.7 Å². The van der Waals surface area contributed by atoms with Crippen LogP contribution in [0.4, 0.5) is 5.69 Å². The first kappa shape index (κ1) is 17.7. The van der Waals surface area contributed by atoms with Crippen molar-refractivity contribution in [3.8, 4) is 0 Å². The molecule has 0 aliphatic heterocycles. The number of anilines is 1. The highest BCUT2D eigenvalue weighted by molar-refractivity contribution is 9.10. The minimum Gasteiger partial charge on any atom is -0.481 e. The molecule has 0 saturated carbocycles. The average Bonchev–Trinajstić information content (AvgIpc) is 2.33. The molecule has 21 heavy (non-hydrogen) atoms. The third-order valence-corrected chi connectivity index (χ3v) is 4.51. The van der Waals surface area contributed by atoms with E-state index in [1.807, 2.05) is 39.8 Å². The number of carbonyl (C=O) groups is 2. The number of benzene rings is 1. The number of carbonyl (C=O) groups excluding carboxylic acids is 1. The number of aryl methyl sites for hydroxylation is 2. The molecule has 116 valence electrons. The Balaban J connectivity index is 2.95. The molecule has 0 aromatic heterocycles. The van der Waals surface area contributed by atoms with E-state index in [0.717, 1.165) is 21.3 Å². The van der Waals surface area contributed by atoms with Crippen LogP contribution in [0.1, 0.15) is 38.3 Å². The van der Waals surface area contributed by atoms with E-state index < -0.39 is 11.4 Å². The number of halogens is 1. The Hall–Kier alpha value is -1.36. The molecule has 0 aliphatic carbocycles. The summed E-state index contributed by atoms with van der Waals surface area (Å²) in [5.74, 6) is -1.35. The van der Waals surface area contributed by atoms with Crippen molar-refractivity contribution >= 4 is 33.5 Å². The van der Waals surface area contributed by atoms with Gasteiger partial charge in [-0.2, -0.15) is 0 Å². The van der Waals surface area contributed by atoms with Gasteiger partial charge in [0, 0.05) is 16.6 Å². The second kappa shape index (κ2) is 6.60. The first-order valence-electron chi connectivity index (χ1n) is 6.88. The SMILES string of the molecule is Cc1cc(Br)cc(C)c1NC(=O)CC(C)(C(=O)O)C(C)C. The van der Waals surface area contributed by atoms with Gasteiger partial charge in [-0.05, 0) is 49.9 Å². The van der Waals surface area contributed by atoms with Gasteiger partial charge in [0.05, 0.1) is 5.41 Å². The minimum atomic E-state index is -1.07. The predicted molar refractivity (Wildman–Crippen MR) is 87.4 cm³/mol. The molecule has 0 bridgehead atoms. The van der Waals surface area contributed by atoms with Crippen LogP contribution in [0.2, 0.25) is 0 Å². The van der Waals surface area contributed by atoms with Crippen molar-refractivity contribution in [1.29, 1.82) is 0 Å². The highest BCUT2D eigenvalue weighted by Gasteiger charge is 2.38. The fourth-order valence-corrected chi connectivity index (χ4v) is 2.84. The molecule has 1 rings (SSSR count). The van der Waals surface area contributed by atoms with Gasteiger partial charge in [-0.25, -0.2) is 0 Å². The van der Waals surface area contributed by atoms with Crippen molar-refractivity contribution in [3.63, 3.8) is 0 Å². The Bertz CT molecular complexity index is 546. The van der Waals surface area contributed by atoms with Crippen LogP contribution >= 0.6 is 15.9 Å². The molecule has 1 amide bonds. The summed E-state index contributed by atoms with van der Waals surface area (Å²) in [7, 11) is 0. The third-order valence-electron chi connectivity index (χ3n) is 4.05. The van der Waals surface area contributed by atoms with E-state index in [2.05, 4.69) is 21.2 Å². The smallest absolute Gasteiger partial charge is 0.310 e. The van der Waals surface area contributed by atoms with E-state index in [4.69, 9.17) is 0 Å². The number of carboxylic acid groups (broad SMARTS) is 1. The Morgan fingerprint density at radius 3 is 2.14 bits per heavy atom. The van der Waals surface area contributed by atoms with Gasteiger partial charge in [0.15, 0.2) is 0 Å². The molecule has 1 atom stereocenters. The maximum absolute atomic E-state index is 12.2. The molecule has 0 radical (unpaired) electrons. The second-order valence-corrected chi connectivity index (χ2v) is 6.93. The van der Waals surface area contributed by atoms with Crippen LogP contribution in [0.5, 0.6) is 0 Å². The standard InChI is InChI=1S/C16H22BrNO3/c1-9(2)16(5,15(20)21)8-13(19)18-14-10(3)6-12(17)7-11(14)4/h6-7,9H,8H2,1-5H3,(H,18,19)(H,20,21). The van der Waals surface area contributed by atoms with Crippen molar-refractivity contribution in [2.75, 3.05) is 5.32 Å². The van der Waals surface area contributed by atoms with Gasteiger partial charge in [-0.1, -0.05) is 29.8 Å². The molecule has 4 nitrogen and oxygen atoms in total. The average molecular weight is 356 g/mol. The quantitative estimate of drug-likeness (QED) is 0.833. The van der Waals surface area contributed by atoms with Gasteiger partial charge in [0.2, 0.25) is 5.91 Å². The molecular formula is C16H22BrNO3. The van der Waals surface area contributed by atoms with Gasteiger partial charge in [0.1, 0.15) is 0 Å². The second-order valence-electron chi connectivity index (χ2n) is 6.02. The summed E-state index contributed by atoms with van der Waals surface area (Å²) < 4.78 is 0.952. The van der Waals surface area contributed by atoms with Gasteiger partial charge in [-0.15, -0.1) is 0 Å². The van der Waals surface area contributed by atoms with Crippen molar-refractivity contribution in [2.45, 2.75) is 41.0 Å². The van der Waals surface area contributed by atoms with Gasteiger partial charge >= 0.3 is 5.97 Å². The number of hydrogen-bond acceptors (Lipinski definition) is 2. The summed E-state index contributed by atoms with van der Waals surface area (Å²) in [4.78, 5) is 23.7. The van der Waals surface area contributed by atoms with Gasteiger partial charge in [-0.3, -0.25) is 9.59 Å². The normalized spacial score (nSPS) is 13.9. The first-order valence-corrected chi connectivity index (χ1v) is 7.67. The van der Waals surface area contributed by atoms with Crippen LogP contribution in [-0.2, 0) is 9.59 Å². The summed E-state index contributed by atoms with van der Waals surface area (Å²) in [6, 6.07) is 3.84.